The minimum atomic E-state index is -0.000916. The molecule has 26 heavy (non-hydrogen) atoms. The van der Waals surface area contributed by atoms with E-state index in [-0.39, 0.29) is 5.43 Å². The molecule has 0 saturated heterocycles. The smallest absolute Gasteiger partial charge is 0.195 e. The second kappa shape index (κ2) is 7.36. The number of H-pyrrole nitrogens is 1. The van der Waals surface area contributed by atoms with Crippen LogP contribution < -0.4 is 16.1 Å². The molecule has 3 N–H and O–H groups in total. The van der Waals surface area contributed by atoms with Gasteiger partial charge in [0.15, 0.2) is 5.43 Å². The van der Waals surface area contributed by atoms with Crippen molar-refractivity contribution < 1.29 is 0 Å². The Kier molecular flexibility index (Phi) is 4.78. The van der Waals surface area contributed by atoms with Gasteiger partial charge in [-0.15, -0.1) is 0 Å². The summed E-state index contributed by atoms with van der Waals surface area (Å²) in [6, 6.07) is 4.09. The maximum absolute atomic E-state index is 12.8. The summed E-state index contributed by atoms with van der Waals surface area (Å²) in [5.74, 6) is 0.703. The van der Waals surface area contributed by atoms with Gasteiger partial charge in [0.1, 0.15) is 11.5 Å². The molecule has 5 nitrogen and oxygen atoms in total. The van der Waals surface area contributed by atoms with Crippen molar-refractivity contribution in [1.29, 1.82) is 0 Å². The van der Waals surface area contributed by atoms with Crippen LogP contribution in [0.25, 0.3) is 11.0 Å². The molecule has 0 radical (unpaired) electrons. The van der Waals surface area contributed by atoms with Crippen molar-refractivity contribution in [3.8, 4) is 0 Å². The highest BCUT2D eigenvalue weighted by Crippen LogP contribution is 2.26. The van der Waals surface area contributed by atoms with Crippen LogP contribution in [0.5, 0.6) is 0 Å². The Balaban J connectivity index is 1.69. The van der Waals surface area contributed by atoms with Crippen molar-refractivity contribution in [3.63, 3.8) is 0 Å². The molecule has 5 heteroatoms. The van der Waals surface area contributed by atoms with E-state index in [9.17, 15) is 4.79 Å². The van der Waals surface area contributed by atoms with Gasteiger partial charge in [0.25, 0.3) is 0 Å². The maximum Gasteiger partial charge on any atom is 0.195 e. The third kappa shape index (κ3) is 3.66. The van der Waals surface area contributed by atoms with E-state index in [0.717, 1.165) is 36.3 Å². The monoisotopic (exact) mass is 350 g/mol. The summed E-state index contributed by atoms with van der Waals surface area (Å²) in [7, 11) is 0. The summed E-state index contributed by atoms with van der Waals surface area (Å²) < 4.78 is 0. The van der Waals surface area contributed by atoms with Crippen LogP contribution in [-0.4, -0.2) is 16.0 Å². The van der Waals surface area contributed by atoms with Crippen LogP contribution in [0.2, 0.25) is 0 Å². The van der Waals surface area contributed by atoms with E-state index in [2.05, 4.69) is 38.8 Å². The predicted octanol–water partition coefficient (Wildman–Crippen LogP) is 4.62. The van der Waals surface area contributed by atoms with Crippen molar-refractivity contribution in [2.24, 2.45) is 0 Å². The maximum atomic E-state index is 12.8. The van der Waals surface area contributed by atoms with Crippen molar-refractivity contribution in [1.82, 2.24) is 9.97 Å². The fourth-order valence-electron chi connectivity index (χ4n) is 3.89. The van der Waals surface area contributed by atoms with E-state index < -0.39 is 0 Å². The highest BCUT2D eigenvalue weighted by molar-refractivity contribution is 5.90. The van der Waals surface area contributed by atoms with Gasteiger partial charge in [0.2, 0.25) is 0 Å². The first-order valence-corrected chi connectivity index (χ1v) is 9.61. The molecule has 2 aromatic heterocycles. The molecule has 4 rings (SSSR count). The van der Waals surface area contributed by atoms with Gasteiger partial charge in [-0.05, 0) is 38.7 Å². The van der Waals surface area contributed by atoms with Gasteiger partial charge in [-0.1, -0.05) is 31.1 Å². The summed E-state index contributed by atoms with van der Waals surface area (Å²) in [5.41, 5.74) is 3.57. The van der Waals surface area contributed by atoms with Gasteiger partial charge < -0.3 is 15.6 Å². The molecular formula is C21H26N4O. The van der Waals surface area contributed by atoms with Crippen LogP contribution in [-0.2, 0) is 0 Å². The number of anilines is 2. The second-order valence-corrected chi connectivity index (χ2v) is 7.32. The Morgan fingerprint density at radius 3 is 2.85 bits per heavy atom. The van der Waals surface area contributed by atoms with Gasteiger partial charge in [0, 0.05) is 29.9 Å². The highest BCUT2D eigenvalue weighted by Gasteiger charge is 2.17. The second-order valence-electron chi connectivity index (χ2n) is 7.32. The molecule has 0 aromatic carbocycles. The number of nitrogens with zero attached hydrogens (tertiary/aromatic N) is 1. The minimum absolute atomic E-state index is 0.000916. The molecule has 136 valence electrons. The van der Waals surface area contributed by atoms with Crippen molar-refractivity contribution in [2.45, 2.75) is 57.9 Å². The molecule has 2 aliphatic carbocycles. The summed E-state index contributed by atoms with van der Waals surface area (Å²) in [6.45, 7) is 1.97. The van der Waals surface area contributed by atoms with E-state index >= 15 is 0 Å². The third-order valence-corrected chi connectivity index (χ3v) is 5.16. The number of aryl methyl sites for hydroxylation is 1. The van der Waals surface area contributed by atoms with Gasteiger partial charge >= 0.3 is 0 Å². The quantitative estimate of drug-likeness (QED) is 0.704. The molecular weight excluding hydrogens is 324 g/mol. The lowest BCUT2D eigenvalue weighted by Crippen LogP contribution is -2.18. The standard InChI is InChI=1S/C21H26N4O/c1-14-12-17(23-15-10-6-7-11-15)20-18(26)13-19(25-21(20)22-14)24-16-8-4-2-3-5-9-16/h2,4,9,12-13,15H,3,5-8,10-11H2,1H3,(H3,22,23,24,25,26). The molecule has 2 aliphatic rings. The molecule has 0 atom stereocenters. The van der Waals surface area contributed by atoms with Crippen LogP contribution in [0, 0.1) is 6.92 Å². The van der Waals surface area contributed by atoms with Gasteiger partial charge in [-0.2, -0.15) is 0 Å². The zero-order valence-electron chi connectivity index (χ0n) is 15.3. The number of hydrogen-bond donors (Lipinski definition) is 3. The first-order valence-electron chi connectivity index (χ1n) is 9.61. The van der Waals surface area contributed by atoms with Crippen molar-refractivity contribution in [3.05, 3.63) is 52.0 Å². The molecule has 0 aliphatic heterocycles. The lowest BCUT2D eigenvalue weighted by atomic mass is 10.1. The summed E-state index contributed by atoms with van der Waals surface area (Å²) in [5, 5.41) is 7.59. The zero-order valence-corrected chi connectivity index (χ0v) is 15.3. The highest BCUT2D eigenvalue weighted by atomic mass is 16.1. The number of pyridine rings is 2. The summed E-state index contributed by atoms with van der Waals surface area (Å²) in [6.07, 6.45) is 14.3. The van der Waals surface area contributed by atoms with Crippen LogP contribution in [0.15, 0.2) is 40.9 Å². The topological polar surface area (TPSA) is 69.8 Å². The lowest BCUT2D eigenvalue weighted by Gasteiger charge is -2.16. The predicted molar refractivity (Wildman–Crippen MR) is 108 cm³/mol. The minimum Gasteiger partial charge on any atom is -0.382 e. The molecule has 0 spiro atoms. The van der Waals surface area contributed by atoms with E-state index in [0.29, 0.717) is 22.9 Å². The Labute approximate surface area is 153 Å². The number of hydrogen-bond acceptors (Lipinski definition) is 4. The SMILES string of the molecule is Cc1cc(NC2CCCC2)c2c(=O)cc(NC3=CCCC=CC3)[nH]c2n1. The molecule has 0 amide bonds. The van der Waals surface area contributed by atoms with E-state index in [1.54, 1.807) is 6.07 Å². The summed E-state index contributed by atoms with van der Waals surface area (Å²) in [4.78, 5) is 20.7. The van der Waals surface area contributed by atoms with Gasteiger partial charge in [-0.3, -0.25) is 4.79 Å². The van der Waals surface area contributed by atoms with Gasteiger partial charge in [-0.25, -0.2) is 4.98 Å². The van der Waals surface area contributed by atoms with E-state index in [4.69, 9.17) is 0 Å². The summed E-state index contributed by atoms with van der Waals surface area (Å²) >= 11 is 0. The van der Waals surface area contributed by atoms with Crippen LogP contribution >= 0.6 is 0 Å². The molecule has 0 bridgehead atoms. The van der Waals surface area contributed by atoms with Crippen LogP contribution in [0.4, 0.5) is 11.5 Å². The largest absolute Gasteiger partial charge is 0.382 e. The number of rotatable bonds is 4. The molecule has 0 unspecified atom stereocenters. The first kappa shape index (κ1) is 16.9. The number of allylic oxidation sites excluding steroid dienone is 3. The molecule has 2 heterocycles. The Morgan fingerprint density at radius 2 is 2.00 bits per heavy atom. The average molecular weight is 350 g/mol. The number of nitrogens with one attached hydrogen (secondary N) is 3. The first-order chi connectivity index (χ1) is 12.7. The molecule has 2 aromatic rings. The molecule has 1 fully saturated rings. The van der Waals surface area contributed by atoms with Crippen LogP contribution in [0.1, 0.15) is 50.6 Å². The molecule has 1 saturated carbocycles. The fourth-order valence-corrected chi connectivity index (χ4v) is 3.89. The Bertz CT molecular complexity index is 919. The van der Waals surface area contributed by atoms with E-state index in [1.807, 2.05) is 13.0 Å². The lowest BCUT2D eigenvalue weighted by molar-refractivity contribution is 0.756. The Morgan fingerprint density at radius 1 is 1.15 bits per heavy atom. The van der Waals surface area contributed by atoms with Crippen LogP contribution in [0.3, 0.4) is 0 Å². The third-order valence-electron chi connectivity index (χ3n) is 5.16. The number of aromatic amines is 1. The zero-order chi connectivity index (χ0) is 17.9. The van der Waals surface area contributed by atoms with Crippen molar-refractivity contribution >= 4 is 22.5 Å². The number of aromatic nitrogens is 2. The van der Waals surface area contributed by atoms with E-state index in [1.165, 1.54) is 25.7 Å². The Hall–Kier alpha value is -2.56. The normalized spacial score (nSPS) is 18.0. The fraction of sp³-hybridized carbons (Fsp3) is 0.429. The number of fused-ring (bicyclic) bond motifs is 1. The van der Waals surface area contributed by atoms with Crippen molar-refractivity contribution in [2.75, 3.05) is 10.6 Å². The van der Waals surface area contributed by atoms with Gasteiger partial charge in [0.05, 0.1) is 11.1 Å². The average Bonchev–Trinajstić information content (AvgIpc) is 2.96.